The van der Waals surface area contributed by atoms with Crippen LogP contribution in [0, 0.1) is 0 Å². The number of carbonyl (C=O) groups is 1. The highest BCUT2D eigenvalue weighted by atomic mass is 16.5. The summed E-state index contributed by atoms with van der Waals surface area (Å²) in [6.45, 7) is 6.16. The van der Waals surface area contributed by atoms with Gasteiger partial charge in [-0.2, -0.15) is 0 Å². The third-order valence-corrected chi connectivity index (χ3v) is 5.84. The first kappa shape index (κ1) is 21.2. The van der Waals surface area contributed by atoms with Gasteiger partial charge in [0.15, 0.2) is 11.5 Å². The minimum absolute atomic E-state index is 0.207. The molecule has 4 aromatic rings. The van der Waals surface area contributed by atoms with E-state index in [1.807, 2.05) is 12.1 Å². The molecule has 33 heavy (non-hydrogen) atoms. The van der Waals surface area contributed by atoms with Gasteiger partial charge in [0.2, 0.25) is 5.76 Å². The molecule has 2 aromatic heterocycles. The van der Waals surface area contributed by atoms with E-state index in [0.717, 1.165) is 45.0 Å². The van der Waals surface area contributed by atoms with Crippen molar-refractivity contribution in [3.05, 3.63) is 95.9 Å². The van der Waals surface area contributed by atoms with Gasteiger partial charge in [0.25, 0.3) is 5.91 Å². The van der Waals surface area contributed by atoms with Crippen molar-refractivity contribution in [2.75, 3.05) is 31.5 Å². The second kappa shape index (κ2) is 9.85. The van der Waals surface area contributed by atoms with E-state index in [9.17, 15) is 4.79 Å². The number of nitrogens with zero attached hydrogens (tertiary/aromatic N) is 3. The van der Waals surface area contributed by atoms with E-state index in [1.54, 1.807) is 24.5 Å². The van der Waals surface area contributed by atoms with Crippen LogP contribution in [0.5, 0.6) is 0 Å². The van der Waals surface area contributed by atoms with Crippen molar-refractivity contribution in [3.8, 4) is 11.5 Å². The lowest BCUT2D eigenvalue weighted by atomic mass is 10.1. The SMILES string of the molecule is O=C(Nc1ccc(CN2CCN(Cc3ccccc3)CC2)cc1)c1cc(-c2ccco2)on1. The maximum absolute atomic E-state index is 12.5. The molecule has 2 aromatic carbocycles. The van der Waals surface area contributed by atoms with Gasteiger partial charge in [-0.25, -0.2) is 0 Å². The fraction of sp³-hybridized carbons (Fsp3) is 0.231. The first-order valence-electron chi connectivity index (χ1n) is 11.1. The van der Waals surface area contributed by atoms with E-state index in [4.69, 9.17) is 8.94 Å². The molecule has 0 bridgehead atoms. The molecule has 1 fully saturated rings. The van der Waals surface area contributed by atoms with E-state index >= 15 is 0 Å². The van der Waals surface area contributed by atoms with Crippen LogP contribution in [0.4, 0.5) is 5.69 Å². The first-order chi connectivity index (χ1) is 16.2. The number of hydrogen-bond acceptors (Lipinski definition) is 6. The highest BCUT2D eigenvalue weighted by Crippen LogP contribution is 2.21. The Bertz CT molecular complexity index is 1160. The van der Waals surface area contributed by atoms with Crippen molar-refractivity contribution in [1.29, 1.82) is 0 Å². The highest BCUT2D eigenvalue weighted by molar-refractivity contribution is 6.03. The molecule has 0 atom stereocenters. The van der Waals surface area contributed by atoms with Crippen LogP contribution < -0.4 is 5.32 Å². The Morgan fingerprint density at radius 1 is 0.818 bits per heavy atom. The molecular formula is C26H26N4O3. The van der Waals surface area contributed by atoms with Gasteiger partial charge in [0.05, 0.1) is 6.26 Å². The minimum atomic E-state index is -0.321. The molecule has 0 saturated carbocycles. The summed E-state index contributed by atoms with van der Waals surface area (Å²) in [5, 5.41) is 6.70. The standard InChI is InChI=1S/C26H26N4O3/c31-26(23-17-25(33-28-23)24-7-4-16-32-24)27-22-10-8-21(9-11-22)19-30-14-12-29(13-15-30)18-20-5-2-1-3-6-20/h1-11,16-17H,12-15,18-19H2,(H,27,31). The molecule has 0 radical (unpaired) electrons. The Kier molecular flexibility index (Phi) is 6.32. The predicted molar refractivity (Wildman–Crippen MR) is 126 cm³/mol. The summed E-state index contributed by atoms with van der Waals surface area (Å²) in [5.74, 6) is 0.634. The van der Waals surface area contributed by atoms with Crippen LogP contribution in [0.25, 0.3) is 11.5 Å². The summed E-state index contributed by atoms with van der Waals surface area (Å²) >= 11 is 0. The van der Waals surface area contributed by atoms with Gasteiger partial charge in [-0.1, -0.05) is 47.6 Å². The lowest BCUT2D eigenvalue weighted by Gasteiger charge is -2.34. The molecule has 0 aliphatic carbocycles. The smallest absolute Gasteiger partial charge is 0.277 e. The normalized spacial score (nSPS) is 14.9. The number of furan rings is 1. The zero-order valence-corrected chi connectivity index (χ0v) is 18.3. The number of amides is 1. The molecule has 0 spiro atoms. The zero-order valence-electron chi connectivity index (χ0n) is 18.3. The molecule has 7 heteroatoms. The van der Waals surface area contributed by atoms with Gasteiger partial charge >= 0.3 is 0 Å². The maximum atomic E-state index is 12.5. The van der Waals surface area contributed by atoms with Crippen LogP contribution in [0.1, 0.15) is 21.6 Å². The van der Waals surface area contributed by atoms with Crippen LogP contribution in [-0.4, -0.2) is 47.0 Å². The van der Waals surface area contributed by atoms with Gasteiger partial charge in [-0.3, -0.25) is 14.6 Å². The number of aromatic nitrogens is 1. The summed E-state index contributed by atoms with van der Waals surface area (Å²) in [6.07, 6.45) is 1.55. The number of piperazine rings is 1. The van der Waals surface area contributed by atoms with E-state index in [-0.39, 0.29) is 11.6 Å². The molecule has 0 unspecified atom stereocenters. The zero-order chi connectivity index (χ0) is 22.5. The molecule has 1 aliphatic rings. The minimum Gasteiger partial charge on any atom is -0.461 e. The molecule has 1 N–H and O–H groups in total. The number of rotatable bonds is 7. The van der Waals surface area contributed by atoms with Crippen molar-refractivity contribution in [3.63, 3.8) is 0 Å². The van der Waals surface area contributed by atoms with Crippen LogP contribution in [0.15, 0.2) is 88.0 Å². The lowest BCUT2D eigenvalue weighted by molar-refractivity contribution is 0.101. The molecule has 3 heterocycles. The quantitative estimate of drug-likeness (QED) is 0.454. The fourth-order valence-electron chi connectivity index (χ4n) is 4.01. The Morgan fingerprint density at radius 2 is 1.48 bits per heavy atom. The van der Waals surface area contributed by atoms with Crippen molar-refractivity contribution < 1.29 is 13.7 Å². The third-order valence-electron chi connectivity index (χ3n) is 5.84. The predicted octanol–water partition coefficient (Wildman–Crippen LogP) is 4.50. The van der Waals surface area contributed by atoms with Gasteiger partial charge in [-0.15, -0.1) is 0 Å². The third kappa shape index (κ3) is 5.39. The second-order valence-electron chi connectivity index (χ2n) is 8.24. The summed E-state index contributed by atoms with van der Waals surface area (Å²) < 4.78 is 10.5. The average Bonchev–Trinajstić information content (AvgIpc) is 3.55. The largest absolute Gasteiger partial charge is 0.461 e. The van der Waals surface area contributed by atoms with E-state index in [1.165, 1.54) is 11.1 Å². The van der Waals surface area contributed by atoms with Crippen molar-refractivity contribution in [2.24, 2.45) is 0 Å². The Balaban J connectivity index is 1.10. The van der Waals surface area contributed by atoms with Crippen molar-refractivity contribution in [1.82, 2.24) is 15.0 Å². The number of benzene rings is 2. The van der Waals surface area contributed by atoms with Gasteiger partial charge in [0, 0.05) is 51.0 Å². The molecule has 1 aliphatic heterocycles. The summed E-state index contributed by atoms with van der Waals surface area (Å²) in [5.41, 5.74) is 3.52. The lowest BCUT2D eigenvalue weighted by Crippen LogP contribution is -2.45. The van der Waals surface area contributed by atoms with Crippen LogP contribution >= 0.6 is 0 Å². The van der Waals surface area contributed by atoms with Gasteiger partial charge in [-0.05, 0) is 35.4 Å². The number of anilines is 1. The van der Waals surface area contributed by atoms with E-state index < -0.39 is 0 Å². The molecule has 5 rings (SSSR count). The molecule has 1 saturated heterocycles. The Labute approximate surface area is 192 Å². The van der Waals surface area contributed by atoms with Gasteiger partial charge < -0.3 is 14.3 Å². The van der Waals surface area contributed by atoms with Crippen molar-refractivity contribution >= 4 is 11.6 Å². The first-order valence-corrected chi connectivity index (χ1v) is 11.1. The fourth-order valence-corrected chi connectivity index (χ4v) is 4.01. The van der Waals surface area contributed by atoms with E-state index in [2.05, 4.69) is 62.7 Å². The van der Waals surface area contributed by atoms with Crippen LogP contribution in [0.3, 0.4) is 0 Å². The summed E-state index contributed by atoms with van der Waals surface area (Å²) in [7, 11) is 0. The summed E-state index contributed by atoms with van der Waals surface area (Å²) in [6, 6.07) is 23.7. The number of nitrogens with one attached hydrogen (secondary N) is 1. The Morgan fingerprint density at radius 3 is 2.12 bits per heavy atom. The van der Waals surface area contributed by atoms with Crippen LogP contribution in [0.2, 0.25) is 0 Å². The van der Waals surface area contributed by atoms with Crippen LogP contribution in [-0.2, 0) is 13.1 Å². The monoisotopic (exact) mass is 442 g/mol. The molecular weight excluding hydrogens is 416 g/mol. The maximum Gasteiger partial charge on any atom is 0.277 e. The topological polar surface area (TPSA) is 74.8 Å². The molecule has 7 nitrogen and oxygen atoms in total. The number of carbonyl (C=O) groups excluding carboxylic acids is 1. The highest BCUT2D eigenvalue weighted by Gasteiger charge is 2.18. The number of hydrogen-bond donors (Lipinski definition) is 1. The molecule has 1 amide bonds. The Hall–Kier alpha value is -3.68. The van der Waals surface area contributed by atoms with Gasteiger partial charge in [0.1, 0.15) is 0 Å². The second-order valence-corrected chi connectivity index (χ2v) is 8.24. The molecule has 168 valence electrons. The van der Waals surface area contributed by atoms with Crippen molar-refractivity contribution in [2.45, 2.75) is 13.1 Å². The summed E-state index contributed by atoms with van der Waals surface area (Å²) in [4.78, 5) is 17.5. The van der Waals surface area contributed by atoms with E-state index in [0.29, 0.717) is 11.5 Å². The average molecular weight is 443 g/mol.